The molecule has 0 saturated carbocycles. The summed E-state index contributed by atoms with van der Waals surface area (Å²) in [5.74, 6) is -0.471. The number of aromatic nitrogens is 1. The Labute approximate surface area is 182 Å². The molecule has 2 aromatic carbocycles. The van der Waals surface area contributed by atoms with Crippen molar-refractivity contribution in [3.05, 3.63) is 94.6 Å². The molecule has 0 saturated heterocycles. The first-order chi connectivity index (χ1) is 15.5. The second-order valence-electron chi connectivity index (χ2n) is 6.57. The number of pyridine rings is 1. The SMILES string of the molecule is CCOC(=O)c1ccc(Oc2coc3cc(OC(=O)c4cccnc4)ccc3c2=O)cc1. The van der Waals surface area contributed by atoms with E-state index in [0.29, 0.717) is 16.9 Å². The van der Waals surface area contributed by atoms with Gasteiger partial charge in [-0.25, -0.2) is 9.59 Å². The van der Waals surface area contributed by atoms with Gasteiger partial charge in [0, 0.05) is 18.5 Å². The third-order valence-electron chi connectivity index (χ3n) is 4.42. The number of carbonyl (C=O) groups is 2. The van der Waals surface area contributed by atoms with Crippen LogP contribution in [-0.2, 0) is 4.74 Å². The fourth-order valence-corrected chi connectivity index (χ4v) is 2.87. The zero-order chi connectivity index (χ0) is 22.5. The van der Waals surface area contributed by atoms with Crippen molar-refractivity contribution in [2.45, 2.75) is 6.92 Å². The number of fused-ring (bicyclic) bond motifs is 1. The number of carbonyl (C=O) groups excluding carboxylic acids is 2. The van der Waals surface area contributed by atoms with Crippen LogP contribution in [0.4, 0.5) is 0 Å². The molecule has 8 nitrogen and oxygen atoms in total. The van der Waals surface area contributed by atoms with Crippen molar-refractivity contribution in [3.8, 4) is 17.2 Å². The Hall–Kier alpha value is -4.46. The van der Waals surface area contributed by atoms with Crippen LogP contribution in [0.3, 0.4) is 0 Å². The Bertz CT molecular complexity index is 1330. The normalized spacial score (nSPS) is 10.5. The minimum atomic E-state index is -0.578. The monoisotopic (exact) mass is 431 g/mol. The summed E-state index contributed by atoms with van der Waals surface area (Å²) in [6, 6.07) is 13.8. The van der Waals surface area contributed by atoms with Crippen LogP contribution < -0.4 is 14.9 Å². The van der Waals surface area contributed by atoms with Crippen LogP contribution in [0.15, 0.2) is 82.5 Å². The molecule has 0 aliphatic carbocycles. The van der Waals surface area contributed by atoms with Crippen LogP contribution in [0.25, 0.3) is 11.0 Å². The lowest BCUT2D eigenvalue weighted by molar-refractivity contribution is 0.0526. The van der Waals surface area contributed by atoms with Gasteiger partial charge in [-0.15, -0.1) is 0 Å². The highest BCUT2D eigenvalue weighted by atomic mass is 16.5. The Morgan fingerprint density at radius 1 is 0.969 bits per heavy atom. The van der Waals surface area contributed by atoms with Gasteiger partial charge in [0.25, 0.3) is 0 Å². The van der Waals surface area contributed by atoms with Crippen molar-refractivity contribution >= 4 is 22.9 Å². The zero-order valence-corrected chi connectivity index (χ0v) is 16.9. The molecule has 0 unspecified atom stereocenters. The molecule has 0 radical (unpaired) electrons. The number of nitrogens with zero attached hydrogens (tertiary/aromatic N) is 1. The minimum absolute atomic E-state index is 0.0264. The molecular formula is C24H17NO7. The molecule has 0 amide bonds. The van der Waals surface area contributed by atoms with Gasteiger partial charge < -0.3 is 18.6 Å². The first-order valence-electron chi connectivity index (χ1n) is 9.68. The second-order valence-corrected chi connectivity index (χ2v) is 6.57. The van der Waals surface area contributed by atoms with Crippen LogP contribution in [0.2, 0.25) is 0 Å². The standard InChI is InChI=1S/C24H17NO7/c1-2-29-23(27)15-5-7-17(8-6-15)31-21-14-30-20-12-18(9-10-19(20)22(21)26)32-24(28)16-4-3-11-25-13-16/h3-14H,2H2,1H3. The van der Waals surface area contributed by atoms with Crippen LogP contribution in [0.1, 0.15) is 27.6 Å². The summed E-state index contributed by atoms with van der Waals surface area (Å²) in [7, 11) is 0. The summed E-state index contributed by atoms with van der Waals surface area (Å²) < 4.78 is 21.4. The number of ether oxygens (including phenoxy) is 3. The van der Waals surface area contributed by atoms with E-state index < -0.39 is 17.4 Å². The second kappa shape index (κ2) is 9.13. The topological polar surface area (TPSA) is 105 Å². The first-order valence-corrected chi connectivity index (χ1v) is 9.68. The van der Waals surface area contributed by atoms with Gasteiger partial charge in [0.1, 0.15) is 23.3 Å². The Balaban J connectivity index is 1.53. The van der Waals surface area contributed by atoms with Crippen LogP contribution in [-0.4, -0.2) is 23.5 Å². The lowest BCUT2D eigenvalue weighted by atomic mass is 10.2. The van der Waals surface area contributed by atoms with Crippen molar-refractivity contribution in [1.29, 1.82) is 0 Å². The first kappa shape index (κ1) is 20.8. The average Bonchev–Trinajstić information content (AvgIpc) is 2.82. The van der Waals surface area contributed by atoms with Gasteiger partial charge in [-0.1, -0.05) is 0 Å². The third-order valence-corrected chi connectivity index (χ3v) is 4.42. The molecule has 0 spiro atoms. The lowest BCUT2D eigenvalue weighted by Crippen LogP contribution is -2.09. The number of esters is 2. The van der Waals surface area contributed by atoms with E-state index in [4.69, 9.17) is 18.6 Å². The summed E-state index contributed by atoms with van der Waals surface area (Å²) in [6.07, 6.45) is 4.12. The van der Waals surface area contributed by atoms with E-state index in [1.807, 2.05) is 0 Å². The predicted molar refractivity (Wildman–Crippen MR) is 114 cm³/mol. The van der Waals surface area contributed by atoms with Crippen molar-refractivity contribution in [1.82, 2.24) is 4.98 Å². The largest absolute Gasteiger partial charge is 0.462 e. The minimum Gasteiger partial charge on any atom is -0.462 e. The van der Waals surface area contributed by atoms with Crippen LogP contribution in [0, 0.1) is 0 Å². The molecule has 0 bridgehead atoms. The van der Waals surface area contributed by atoms with Gasteiger partial charge in [0.05, 0.1) is 23.1 Å². The van der Waals surface area contributed by atoms with E-state index in [1.165, 1.54) is 30.7 Å². The van der Waals surface area contributed by atoms with E-state index >= 15 is 0 Å². The molecule has 2 heterocycles. The molecule has 8 heteroatoms. The zero-order valence-electron chi connectivity index (χ0n) is 16.9. The fourth-order valence-electron chi connectivity index (χ4n) is 2.87. The highest BCUT2D eigenvalue weighted by molar-refractivity contribution is 5.91. The van der Waals surface area contributed by atoms with Crippen molar-refractivity contribution in [2.24, 2.45) is 0 Å². The van der Waals surface area contributed by atoms with Gasteiger partial charge in [-0.05, 0) is 55.5 Å². The lowest BCUT2D eigenvalue weighted by Gasteiger charge is -2.08. The molecule has 0 atom stereocenters. The van der Waals surface area contributed by atoms with E-state index in [1.54, 1.807) is 49.5 Å². The van der Waals surface area contributed by atoms with E-state index in [2.05, 4.69) is 4.98 Å². The van der Waals surface area contributed by atoms with E-state index in [-0.39, 0.29) is 29.1 Å². The molecule has 4 rings (SSSR count). The Morgan fingerprint density at radius 3 is 2.47 bits per heavy atom. The molecule has 0 aliphatic heterocycles. The number of rotatable bonds is 6. The highest BCUT2D eigenvalue weighted by Gasteiger charge is 2.13. The average molecular weight is 431 g/mol. The highest BCUT2D eigenvalue weighted by Crippen LogP contribution is 2.25. The summed E-state index contributed by atoms with van der Waals surface area (Å²) in [5.41, 5.74) is 0.507. The molecule has 0 fully saturated rings. The summed E-state index contributed by atoms with van der Waals surface area (Å²) >= 11 is 0. The summed E-state index contributed by atoms with van der Waals surface area (Å²) in [5, 5.41) is 0.256. The smallest absolute Gasteiger partial charge is 0.345 e. The van der Waals surface area contributed by atoms with Crippen LogP contribution in [0.5, 0.6) is 17.2 Å². The quantitative estimate of drug-likeness (QED) is 0.327. The van der Waals surface area contributed by atoms with Gasteiger partial charge in [-0.2, -0.15) is 0 Å². The predicted octanol–water partition coefficient (Wildman–Crippen LogP) is 4.38. The molecule has 0 aliphatic rings. The van der Waals surface area contributed by atoms with E-state index in [9.17, 15) is 14.4 Å². The van der Waals surface area contributed by atoms with Crippen molar-refractivity contribution in [3.63, 3.8) is 0 Å². The molecule has 0 N–H and O–H groups in total. The number of hydrogen-bond acceptors (Lipinski definition) is 8. The Morgan fingerprint density at radius 2 is 1.75 bits per heavy atom. The van der Waals surface area contributed by atoms with Gasteiger partial charge in [0.2, 0.25) is 11.2 Å². The third kappa shape index (κ3) is 4.49. The van der Waals surface area contributed by atoms with Crippen molar-refractivity contribution < 1.29 is 28.2 Å². The number of hydrogen-bond donors (Lipinski definition) is 0. The van der Waals surface area contributed by atoms with Gasteiger partial charge in [-0.3, -0.25) is 9.78 Å². The maximum Gasteiger partial charge on any atom is 0.345 e. The molecule has 2 aromatic heterocycles. The molecular weight excluding hydrogens is 414 g/mol. The number of benzene rings is 2. The summed E-state index contributed by atoms with van der Waals surface area (Å²) in [4.78, 5) is 40.6. The maximum absolute atomic E-state index is 12.8. The molecule has 4 aromatic rings. The van der Waals surface area contributed by atoms with Gasteiger partial charge in [0.15, 0.2) is 0 Å². The van der Waals surface area contributed by atoms with E-state index in [0.717, 1.165) is 0 Å². The van der Waals surface area contributed by atoms with Crippen LogP contribution >= 0.6 is 0 Å². The fraction of sp³-hybridized carbons (Fsp3) is 0.0833. The summed E-state index contributed by atoms with van der Waals surface area (Å²) in [6.45, 7) is 2.00. The Kier molecular flexibility index (Phi) is 5.94. The van der Waals surface area contributed by atoms with Crippen molar-refractivity contribution in [2.75, 3.05) is 6.61 Å². The van der Waals surface area contributed by atoms with Gasteiger partial charge >= 0.3 is 11.9 Å². The maximum atomic E-state index is 12.8. The molecule has 160 valence electrons. The molecule has 32 heavy (non-hydrogen) atoms.